The molecule has 1 aromatic heterocycles. The minimum atomic E-state index is -0.0306. The van der Waals surface area contributed by atoms with Gasteiger partial charge in [0.1, 0.15) is 0 Å². The standard InChI is InChI=1S/C14H25N5O2/c1-9-14(10(2)18-17-9)16-13(20)8-19-5-4-12(21-3)6-11(19)7-15/h11-12H,4-8,15H2,1-3H3,(H,16,20)(H,17,18). The van der Waals surface area contributed by atoms with Gasteiger partial charge in [-0.1, -0.05) is 0 Å². The number of hydrogen-bond acceptors (Lipinski definition) is 5. The summed E-state index contributed by atoms with van der Waals surface area (Å²) in [6, 6.07) is 0.195. The molecule has 1 aromatic rings. The summed E-state index contributed by atoms with van der Waals surface area (Å²) in [6.45, 7) is 5.48. The average Bonchev–Trinajstić information content (AvgIpc) is 2.79. The number of carbonyl (C=O) groups excluding carboxylic acids is 1. The van der Waals surface area contributed by atoms with Crippen molar-refractivity contribution in [1.29, 1.82) is 0 Å². The minimum absolute atomic E-state index is 0.0306. The molecule has 0 saturated carbocycles. The molecule has 0 radical (unpaired) electrons. The largest absolute Gasteiger partial charge is 0.381 e. The predicted molar refractivity (Wildman–Crippen MR) is 81.1 cm³/mol. The number of nitrogens with zero attached hydrogens (tertiary/aromatic N) is 2. The zero-order chi connectivity index (χ0) is 15.4. The number of aromatic amines is 1. The Morgan fingerprint density at radius 1 is 1.57 bits per heavy atom. The van der Waals surface area contributed by atoms with Crippen LogP contribution in [0.15, 0.2) is 0 Å². The summed E-state index contributed by atoms with van der Waals surface area (Å²) in [5.74, 6) is -0.0306. The zero-order valence-corrected chi connectivity index (χ0v) is 13.0. The molecule has 7 nitrogen and oxygen atoms in total. The number of piperidine rings is 1. The second kappa shape index (κ2) is 7.02. The van der Waals surface area contributed by atoms with Crippen molar-refractivity contribution in [3.63, 3.8) is 0 Å². The maximum absolute atomic E-state index is 12.2. The van der Waals surface area contributed by atoms with Crippen molar-refractivity contribution in [1.82, 2.24) is 15.1 Å². The molecule has 0 bridgehead atoms. The quantitative estimate of drug-likeness (QED) is 0.731. The lowest BCUT2D eigenvalue weighted by Crippen LogP contribution is -2.51. The highest BCUT2D eigenvalue weighted by molar-refractivity contribution is 5.93. The fourth-order valence-corrected chi connectivity index (χ4v) is 2.83. The number of amides is 1. The number of hydrogen-bond donors (Lipinski definition) is 3. The number of carbonyl (C=O) groups is 1. The molecule has 1 amide bonds. The Hall–Kier alpha value is -1.44. The monoisotopic (exact) mass is 295 g/mol. The zero-order valence-electron chi connectivity index (χ0n) is 13.0. The average molecular weight is 295 g/mol. The molecule has 1 aliphatic heterocycles. The predicted octanol–water partition coefficient (Wildman–Crippen LogP) is 0.403. The maximum Gasteiger partial charge on any atom is 0.238 e. The minimum Gasteiger partial charge on any atom is -0.381 e. The van der Waals surface area contributed by atoms with E-state index in [0.29, 0.717) is 13.1 Å². The van der Waals surface area contributed by atoms with Gasteiger partial charge in [-0.05, 0) is 26.7 Å². The van der Waals surface area contributed by atoms with Gasteiger partial charge in [0, 0.05) is 26.2 Å². The molecular weight excluding hydrogens is 270 g/mol. The molecule has 7 heteroatoms. The summed E-state index contributed by atoms with van der Waals surface area (Å²) in [5.41, 5.74) is 8.27. The number of nitrogens with two attached hydrogens (primary N) is 1. The van der Waals surface area contributed by atoms with Gasteiger partial charge in [0.25, 0.3) is 0 Å². The second-order valence-corrected chi connectivity index (χ2v) is 5.60. The van der Waals surface area contributed by atoms with Crippen molar-refractivity contribution in [3.8, 4) is 0 Å². The van der Waals surface area contributed by atoms with E-state index >= 15 is 0 Å². The summed E-state index contributed by atoms with van der Waals surface area (Å²) in [7, 11) is 1.73. The molecule has 2 heterocycles. The number of aromatic nitrogens is 2. The van der Waals surface area contributed by atoms with Gasteiger partial charge in [-0.15, -0.1) is 0 Å². The van der Waals surface area contributed by atoms with Gasteiger partial charge in [-0.2, -0.15) is 5.10 Å². The van der Waals surface area contributed by atoms with E-state index in [-0.39, 0.29) is 18.1 Å². The molecule has 0 aliphatic carbocycles. The molecule has 0 aromatic carbocycles. The highest BCUT2D eigenvalue weighted by Gasteiger charge is 2.28. The third-order valence-corrected chi connectivity index (χ3v) is 4.13. The second-order valence-electron chi connectivity index (χ2n) is 5.60. The van der Waals surface area contributed by atoms with E-state index in [1.165, 1.54) is 0 Å². The Balaban J connectivity index is 1.93. The van der Waals surface area contributed by atoms with Gasteiger partial charge < -0.3 is 15.8 Å². The first-order chi connectivity index (χ1) is 10.0. The summed E-state index contributed by atoms with van der Waals surface area (Å²) in [6.07, 6.45) is 2.06. The van der Waals surface area contributed by atoms with Crippen LogP contribution >= 0.6 is 0 Å². The number of nitrogens with one attached hydrogen (secondary N) is 2. The Morgan fingerprint density at radius 3 is 2.90 bits per heavy atom. The van der Waals surface area contributed by atoms with Gasteiger partial charge in [-0.25, -0.2) is 0 Å². The van der Waals surface area contributed by atoms with Gasteiger partial charge in [0.05, 0.1) is 29.7 Å². The first-order valence-corrected chi connectivity index (χ1v) is 7.33. The van der Waals surface area contributed by atoms with Crippen LogP contribution in [0.5, 0.6) is 0 Å². The van der Waals surface area contributed by atoms with Crippen molar-refractivity contribution < 1.29 is 9.53 Å². The van der Waals surface area contributed by atoms with Gasteiger partial charge in [-0.3, -0.25) is 14.8 Å². The lowest BCUT2D eigenvalue weighted by Gasteiger charge is -2.37. The van der Waals surface area contributed by atoms with Crippen LogP contribution in [0.25, 0.3) is 0 Å². The molecule has 2 atom stereocenters. The third kappa shape index (κ3) is 3.81. The molecule has 1 saturated heterocycles. The van der Waals surface area contributed by atoms with Crippen LogP contribution in [0.1, 0.15) is 24.2 Å². The smallest absolute Gasteiger partial charge is 0.238 e. The number of rotatable bonds is 5. The highest BCUT2D eigenvalue weighted by atomic mass is 16.5. The SMILES string of the molecule is COC1CCN(CC(=O)Nc2c(C)n[nH]c2C)C(CN)C1. The summed E-state index contributed by atoms with van der Waals surface area (Å²) >= 11 is 0. The van der Waals surface area contributed by atoms with E-state index in [1.54, 1.807) is 7.11 Å². The molecular formula is C14H25N5O2. The Kier molecular flexibility index (Phi) is 5.33. The van der Waals surface area contributed by atoms with E-state index in [4.69, 9.17) is 10.5 Å². The topological polar surface area (TPSA) is 96.3 Å². The molecule has 1 fully saturated rings. The summed E-state index contributed by atoms with van der Waals surface area (Å²) in [5, 5.41) is 9.87. The Morgan fingerprint density at radius 2 is 2.33 bits per heavy atom. The Labute approximate surface area is 125 Å². The summed E-state index contributed by atoms with van der Waals surface area (Å²) < 4.78 is 5.40. The Bertz CT molecular complexity index is 468. The van der Waals surface area contributed by atoms with Crippen molar-refractivity contribution >= 4 is 11.6 Å². The van der Waals surface area contributed by atoms with E-state index in [9.17, 15) is 4.79 Å². The molecule has 0 spiro atoms. The third-order valence-electron chi connectivity index (χ3n) is 4.13. The van der Waals surface area contributed by atoms with E-state index < -0.39 is 0 Å². The van der Waals surface area contributed by atoms with Crippen LogP contribution in [0.3, 0.4) is 0 Å². The molecule has 4 N–H and O–H groups in total. The van der Waals surface area contributed by atoms with Crippen molar-refractivity contribution in [2.24, 2.45) is 5.73 Å². The fourth-order valence-electron chi connectivity index (χ4n) is 2.83. The van der Waals surface area contributed by atoms with E-state index in [2.05, 4.69) is 20.4 Å². The van der Waals surface area contributed by atoms with Gasteiger partial charge in [0.15, 0.2) is 0 Å². The summed E-state index contributed by atoms with van der Waals surface area (Å²) in [4.78, 5) is 14.4. The molecule has 21 heavy (non-hydrogen) atoms. The number of aryl methyl sites for hydroxylation is 2. The lowest BCUT2D eigenvalue weighted by molar-refractivity contribution is -0.118. The normalized spacial score (nSPS) is 23.2. The lowest BCUT2D eigenvalue weighted by atomic mass is 9.99. The molecule has 1 aliphatic rings. The van der Waals surface area contributed by atoms with Crippen LogP contribution in [0, 0.1) is 13.8 Å². The number of anilines is 1. The van der Waals surface area contributed by atoms with E-state index in [1.807, 2.05) is 13.8 Å². The molecule has 118 valence electrons. The van der Waals surface area contributed by atoms with Crippen LogP contribution in [-0.4, -0.2) is 59.9 Å². The van der Waals surface area contributed by atoms with Crippen molar-refractivity contribution in [2.45, 2.75) is 38.8 Å². The first-order valence-electron chi connectivity index (χ1n) is 7.33. The maximum atomic E-state index is 12.2. The van der Waals surface area contributed by atoms with Crippen LogP contribution in [0.4, 0.5) is 5.69 Å². The van der Waals surface area contributed by atoms with Crippen LogP contribution in [0.2, 0.25) is 0 Å². The number of methoxy groups -OCH3 is 1. The van der Waals surface area contributed by atoms with E-state index in [0.717, 1.165) is 36.5 Å². The number of likely N-dealkylation sites (tertiary alicyclic amines) is 1. The first kappa shape index (κ1) is 15.9. The fraction of sp³-hybridized carbons (Fsp3) is 0.714. The molecule has 2 rings (SSSR count). The van der Waals surface area contributed by atoms with Crippen molar-refractivity contribution in [3.05, 3.63) is 11.4 Å². The number of ether oxygens (including phenoxy) is 1. The van der Waals surface area contributed by atoms with Gasteiger partial charge in [0.2, 0.25) is 5.91 Å². The number of H-pyrrole nitrogens is 1. The van der Waals surface area contributed by atoms with Crippen molar-refractivity contribution in [2.75, 3.05) is 32.1 Å². The van der Waals surface area contributed by atoms with Gasteiger partial charge >= 0.3 is 0 Å². The highest BCUT2D eigenvalue weighted by Crippen LogP contribution is 2.20. The molecule has 2 unspecified atom stereocenters. The van der Waals surface area contributed by atoms with Crippen LogP contribution < -0.4 is 11.1 Å². The van der Waals surface area contributed by atoms with Crippen LogP contribution in [-0.2, 0) is 9.53 Å².